The minimum absolute atomic E-state index is 0.0332. The van der Waals surface area contributed by atoms with E-state index in [1.807, 2.05) is 31.2 Å². The summed E-state index contributed by atoms with van der Waals surface area (Å²) in [7, 11) is 0. The molecular weight excluding hydrogens is 256 g/mol. The van der Waals surface area contributed by atoms with Crippen LogP contribution in [-0.4, -0.2) is 23.1 Å². The SMILES string of the molecule is Cc1ccc(CNC(=O)N[C@H]2CC[C@@H](C(=O)O)C2)cc1. The molecule has 2 amide bonds. The van der Waals surface area contributed by atoms with E-state index in [2.05, 4.69) is 10.6 Å². The number of carbonyl (C=O) groups excluding carboxylic acids is 1. The predicted molar refractivity (Wildman–Crippen MR) is 75.3 cm³/mol. The highest BCUT2D eigenvalue weighted by Crippen LogP contribution is 2.25. The minimum atomic E-state index is -0.769. The molecule has 20 heavy (non-hydrogen) atoms. The van der Waals surface area contributed by atoms with Crippen molar-refractivity contribution in [3.8, 4) is 0 Å². The molecule has 0 unspecified atom stereocenters. The number of aliphatic carboxylic acids is 1. The highest BCUT2D eigenvalue weighted by molar-refractivity contribution is 5.75. The van der Waals surface area contributed by atoms with Crippen LogP contribution >= 0.6 is 0 Å². The summed E-state index contributed by atoms with van der Waals surface area (Å²) >= 11 is 0. The second kappa shape index (κ2) is 6.41. The minimum Gasteiger partial charge on any atom is -0.481 e. The lowest BCUT2D eigenvalue weighted by Crippen LogP contribution is -2.40. The molecule has 0 aromatic heterocycles. The maximum absolute atomic E-state index is 11.7. The Morgan fingerprint density at radius 1 is 1.25 bits per heavy atom. The van der Waals surface area contributed by atoms with E-state index >= 15 is 0 Å². The monoisotopic (exact) mass is 276 g/mol. The number of hydrogen-bond donors (Lipinski definition) is 3. The number of carbonyl (C=O) groups is 2. The van der Waals surface area contributed by atoms with E-state index in [4.69, 9.17) is 5.11 Å². The molecule has 1 aromatic carbocycles. The molecule has 0 spiro atoms. The summed E-state index contributed by atoms with van der Waals surface area (Å²) in [6.07, 6.45) is 1.89. The number of hydrogen-bond acceptors (Lipinski definition) is 2. The van der Waals surface area contributed by atoms with Crippen molar-refractivity contribution in [1.82, 2.24) is 10.6 Å². The highest BCUT2D eigenvalue weighted by atomic mass is 16.4. The van der Waals surface area contributed by atoms with E-state index in [-0.39, 0.29) is 18.0 Å². The summed E-state index contributed by atoms with van der Waals surface area (Å²) in [6.45, 7) is 2.49. The number of benzene rings is 1. The first-order valence-corrected chi connectivity index (χ1v) is 6.87. The van der Waals surface area contributed by atoms with Gasteiger partial charge >= 0.3 is 12.0 Å². The van der Waals surface area contributed by atoms with Crippen LogP contribution in [0.2, 0.25) is 0 Å². The van der Waals surface area contributed by atoms with Crippen molar-refractivity contribution in [2.24, 2.45) is 5.92 Å². The molecule has 2 atom stereocenters. The van der Waals surface area contributed by atoms with Crippen molar-refractivity contribution in [3.05, 3.63) is 35.4 Å². The van der Waals surface area contributed by atoms with Crippen LogP contribution < -0.4 is 10.6 Å². The molecule has 0 bridgehead atoms. The van der Waals surface area contributed by atoms with E-state index in [1.54, 1.807) is 0 Å². The van der Waals surface area contributed by atoms with Gasteiger partial charge in [-0.1, -0.05) is 29.8 Å². The van der Waals surface area contributed by atoms with Gasteiger partial charge in [0.1, 0.15) is 0 Å². The molecule has 1 saturated carbocycles. The number of carboxylic acids is 1. The lowest BCUT2D eigenvalue weighted by Gasteiger charge is -2.13. The summed E-state index contributed by atoms with van der Waals surface area (Å²) in [5.74, 6) is -1.09. The summed E-state index contributed by atoms with van der Waals surface area (Å²) in [5, 5.41) is 14.5. The largest absolute Gasteiger partial charge is 0.481 e. The fraction of sp³-hybridized carbons (Fsp3) is 0.467. The number of rotatable bonds is 4. The quantitative estimate of drug-likeness (QED) is 0.787. The van der Waals surface area contributed by atoms with Gasteiger partial charge in [0.15, 0.2) is 0 Å². The summed E-state index contributed by atoms with van der Waals surface area (Å²) < 4.78 is 0. The molecule has 2 rings (SSSR count). The van der Waals surface area contributed by atoms with Gasteiger partial charge in [-0.05, 0) is 31.7 Å². The second-order valence-corrected chi connectivity index (χ2v) is 5.36. The number of aryl methyl sites for hydroxylation is 1. The Balaban J connectivity index is 1.73. The Kier molecular flexibility index (Phi) is 4.61. The van der Waals surface area contributed by atoms with Crippen LogP contribution in [0.5, 0.6) is 0 Å². The predicted octanol–water partition coefficient (Wildman–Crippen LogP) is 2.05. The van der Waals surface area contributed by atoms with Gasteiger partial charge in [0.05, 0.1) is 5.92 Å². The lowest BCUT2D eigenvalue weighted by atomic mass is 10.1. The van der Waals surface area contributed by atoms with Crippen molar-refractivity contribution in [3.63, 3.8) is 0 Å². The van der Waals surface area contributed by atoms with E-state index in [9.17, 15) is 9.59 Å². The fourth-order valence-corrected chi connectivity index (χ4v) is 2.46. The molecule has 1 aromatic rings. The molecule has 1 aliphatic carbocycles. The maximum Gasteiger partial charge on any atom is 0.315 e. The van der Waals surface area contributed by atoms with Crippen molar-refractivity contribution in [1.29, 1.82) is 0 Å². The molecule has 0 aliphatic heterocycles. The van der Waals surface area contributed by atoms with Gasteiger partial charge in [0.2, 0.25) is 0 Å². The highest BCUT2D eigenvalue weighted by Gasteiger charge is 2.30. The average Bonchev–Trinajstić information content (AvgIpc) is 2.87. The molecule has 0 heterocycles. The van der Waals surface area contributed by atoms with E-state index in [0.29, 0.717) is 19.4 Å². The zero-order chi connectivity index (χ0) is 14.5. The summed E-state index contributed by atoms with van der Waals surface area (Å²) in [4.78, 5) is 22.6. The van der Waals surface area contributed by atoms with Gasteiger partial charge in [-0.15, -0.1) is 0 Å². The topological polar surface area (TPSA) is 78.4 Å². The van der Waals surface area contributed by atoms with Crippen LogP contribution in [0.15, 0.2) is 24.3 Å². The van der Waals surface area contributed by atoms with Crippen LogP contribution in [0.3, 0.4) is 0 Å². The van der Waals surface area contributed by atoms with Crippen molar-refractivity contribution in [2.75, 3.05) is 0 Å². The van der Waals surface area contributed by atoms with Gasteiger partial charge in [-0.3, -0.25) is 4.79 Å². The zero-order valence-corrected chi connectivity index (χ0v) is 11.6. The third-order valence-electron chi connectivity index (χ3n) is 3.69. The molecule has 3 N–H and O–H groups in total. The average molecular weight is 276 g/mol. The van der Waals surface area contributed by atoms with Crippen molar-refractivity contribution in [2.45, 2.75) is 38.8 Å². The lowest BCUT2D eigenvalue weighted by molar-refractivity contribution is -0.141. The molecule has 5 heteroatoms. The maximum atomic E-state index is 11.7. The third kappa shape index (κ3) is 3.98. The molecule has 0 radical (unpaired) electrons. The number of urea groups is 1. The van der Waals surface area contributed by atoms with Gasteiger partial charge < -0.3 is 15.7 Å². The summed E-state index contributed by atoms with van der Waals surface area (Å²) in [5.41, 5.74) is 2.23. The van der Waals surface area contributed by atoms with Crippen LogP contribution in [0.1, 0.15) is 30.4 Å². The van der Waals surface area contributed by atoms with Gasteiger partial charge in [-0.25, -0.2) is 4.79 Å². The van der Waals surface area contributed by atoms with Gasteiger partial charge in [0.25, 0.3) is 0 Å². The Morgan fingerprint density at radius 3 is 2.55 bits per heavy atom. The Hall–Kier alpha value is -2.04. The Bertz CT molecular complexity index is 484. The first kappa shape index (κ1) is 14.4. The molecule has 1 fully saturated rings. The zero-order valence-electron chi connectivity index (χ0n) is 11.6. The first-order valence-electron chi connectivity index (χ1n) is 6.87. The fourth-order valence-electron chi connectivity index (χ4n) is 2.46. The number of nitrogens with one attached hydrogen (secondary N) is 2. The van der Waals surface area contributed by atoms with Crippen LogP contribution in [-0.2, 0) is 11.3 Å². The first-order chi connectivity index (χ1) is 9.54. The van der Waals surface area contributed by atoms with Crippen LogP contribution in [0.4, 0.5) is 4.79 Å². The summed E-state index contributed by atoms with van der Waals surface area (Å²) in [6, 6.07) is 7.69. The van der Waals surface area contributed by atoms with Crippen molar-refractivity contribution < 1.29 is 14.7 Å². The van der Waals surface area contributed by atoms with Crippen molar-refractivity contribution >= 4 is 12.0 Å². The van der Waals surface area contributed by atoms with E-state index in [0.717, 1.165) is 12.0 Å². The van der Waals surface area contributed by atoms with Crippen LogP contribution in [0, 0.1) is 12.8 Å². The molecule has 0 saturated heterocycles. The Labute approximate surface area is 118 Å². The number of amides is 2. The standard InChI is InChI=1S/C15H20N2O3/c1-10-2-4-11(5-3-10)9-16-15(20)17-13-7-6-12(8-13)14(18)19/h2-5,12-13H,6-9H2,1H3,(H,18,19)(H2,16,17,20)/t12-,13+/m1/s1. The van der Waals surface area contributed by atoms with Crippen LogP contribution in [0.25, 0.3) is 0 Å². The Morgan fingerprint density at radius 2 is 1.95 bits per heavy atom. The molecular formula is C15H20N2O3. The molecule has 108 valence electrons. The molecule has 5 nitrogen and oxygen atoms in total. The van der Waals surface area contributed by atoms with Gasteiger partial charge in [0, 0.05) is 12.6 Å². The normalized spacial score (nSPS) is 21.4. The van der Waals surface area contributed by atoms with E-state index < -0.39 is 5.97 Å². The number of carboxylic acid groups (broad SMARTS) is 1. The smallest absolute Gasteiger partial charge is 0.315 e. The third-order valence-corrected chi connectivity index (χ3v) is 3.69. The molecule has 1 aliphatic rings. The van der Waals surface area contributed by atoms with Gasteiger partial charge in [-0.2, -0.15) is 0 Å². The van der Waals surface area contributed by atoms with E-state index in [1.165, 1.54) is 5.56 Å². The second-order valence-electron chi connectivity index (χ2n) is 5.36.